The lowest BCUT2D eigenvalue weighted by molar-refractivity contribution is 0.199. The third kappa shape index (κ3) is 2.94. The predicted molar refractivity (Wildman–Crippen MR) is 67.1 cm³/mol. The van der Waals surface area contributed by atoms with E-state index < -0.39 is 0 Å². The van der Waals surface area contributed by atoms with Gasteiger partial charge in [0.1, 0.15) is 5.82 Å². The molecule has 0 aliphatic carbocycles. The minimum atomic E-state index is -0.217. The number of aromatic nitrogens is 2. The van der Waals surface area contributed by atoms with Gasteiger partial charge in [-0.1, -0.05) is 6.07 Å². The molecule has 4 nitrogen and oxygen atoms in total. The number of nitrogens with one attached hydrogen (secondary N) is 1. The van der Waals surface area contributed by atoms with Crippen molar-refractivity contribution in [3.8, 4) is 5.69 Å². The molecule has 18 heavy (non-hydrogen) atoms. The molecular weight excluding hydrogens is 233 g/mol. The molecule has 96 valence electrons. The Kier molecular flexibility index (Phi) is 4.44. The summed E-state index contributed by atoms with van der Waals surface area (Å²) < 4.78 is 20.6. The molecule has 2 rings (SSSR count). The summed E-state index contributed by atoms with van der Waals surface area (Å²) in [6.07, 6.45) is 5.13. The van der Waals surface area contributed by atoms with Crippen LogP contribution in [0.1, 0.15) is 5.56 Å². The van der Waals surface area contributed by atoms with Crippen LogP contribution in [0.5, 0.6) is 0 Å². The van der Waals surface area contributed by atoms with Crippen molar-refractivity contribution in [3.05, 3.63) is 48.3 Å². The van der Waals surface area contributed by atoms with Gasteiger partial charge in [0.2, 0.25) is 0 Å². The number of hydrogen-bond acceptors (Lipinski definition) is 3. The molecule has 0 radical (unpaired) electrons. The third-order valence-corrected chi connectivity index (χ3v) is 2.66. The smallest absolute Gasteiger partial charge is 0.129 e. The maximum atomic E-state index is 13.8. The summed E-state index contributed by atoms with van der Waals surface area (Å²) in [5.41, 5.74) is 1.43. The van der Waals surface area contributed by atoms with E-state index in [1.807, 2.05) is 6.07 Å². The van der Waals surface area contributed by atoms with E-state index >= 15 is 0 Å². The fraction of sp³-hybridized carbons (Fsp3) is 0.308. The Hall–Kier alpha value is -1.72. The number of benzene rings is 1. The maximum Gasteiger partial charge on any atom is 0.129 e. The van der Waals surface area contributed by atoms with Crippen LogP contribution < -0.4 is 5.32 Å². The van der Waals surface area contributed by atoms with E-state index in [1.54, 1.807) is 36.5 Å². The first-order valence-electron chi connectivity index (χ1n) is 5.78. The molecule has 0 aliphatic rings. The summed E-state index contributed by atoms with van der Waals surface area (Å²) in [7, 11) is 1.64. The van der Waals surface area contributed by atoms with Crippen LogP contribution in [0.3, 0.4) is 0 Å². The molecular formula is C13H16FN3O. The summed E-state index contributed by atoms with van der Waals surface area (Å²) in [6, 6.07) is 5.04. The van der Waals surface area contributed by atoms with Crippen molar-refractivity contribution in [2.45, 2.75) is 6.54 Å². The Morgan fingerprint density at radius 1 is 1.44 bits per heavy atom. The van der Waals surface area contributed by atoms with Crippen molar-refractivity contribution in [3.63, 3.8) is 0 Å². The zero-order valence-electron chi connectivity index (χ0n) is 10.3. The minimum absolute atomic E-state index is 0.217. The fourth-order valence-corrected chi connectivity index (χ4v) is 1.75. The third-order valence-electron chi connectivity index (χ3n) is 2.66. The number of halogens is 1. The van der Waals surface area contributed by atoms with E-state index in [0.717, 1.165) is 5.69 Å². The SMILES string of the molecule is COCCNCc1c(F)cccc1-n1ccnc1. The maximum absolute atomic E-state index is 13.8. The normalized spacial score (nSPS) is 10.8. The van der Waals surface area contributed by atoms with Crippen LogP contribution in [0.4, 0.5) is 4.39 Å². The zero-order chi connectivity index (χ0) is 12.8. The predicted octanol–water partition coefficient (Wildman–Crippen LogP) is 1.75. The van der Waals surface area contributed by atoms with Crippen LogP contribution >= 0.6 is 0 Å². The van der Waals surface area contributed by atoms with E-state index in [0.29, 0.717) is 25.3 Å². The number of nitrogens with zero attached hydrogens (tertiary/aromatic N) is 2. The highest BCUT2D eigenvalue weighted by Crippen LogP contribution is 2.17. The lowest BCUT2D eigenvalue weighted by atomic mass is 10.1. The summed E-state index contributed by atoms with van der Waals surface area (Å²) in [6.45, 7) is 1.76. The molecule has 0 spiro atoms. The first-order valence-corrected chi connectivity index (χ1v) is 5.78. The standard InChI is InChI=1S/C13H16FN3O/c1-18-8-6-15-9-11-12(14)3-2-4-13(11)17-7-5-16-10-17/h2-5,7,10,15H,6,8-9H2,1H3. The molecule has 0 fully saturated rings. The summed E-state index contributed by atoms with van der Waals surface area (Å²) in [5, 5.41) is 3.15. The molecule has 0 saturated carbocycles. The van der Waals surface area contributed by atoms with Crippen molar-refractivity contribution in [2.75, 3.05) is 20.3 Å². The number of imidazole rings is 1. The van der Waals surface area contributed by atoms with Crippen molar-refractivity contribution >= 4 is 0 Å². The van der Waals surface area contributed by atoms with Gasteiger partial charge in [-0.3, -0.25) is 0 Å². The second-order valence-electron chi connectivity index (χ2n) is 3.88. The van der Waals surface area contributed by atoms with Gasteiger partial charge >= 0.3 is 0 Å². The number of hydrogen-bond donors (Lipinski definition) is 1. The molecule has 0 saturated heterocycles. The molecule has 0 bridgehead atoms. The van der Waals surface area contributed by atoms with Gasteiger partial charge in [0.15, 0.2) is 0 Å². The van der Waals surface area contributed by atoms with Gasteiger partial charge in [-0.05, 0) is 12.1 Å². The largest absolute Gasteiger partial charge is 0.383 e. The Morgan fingerprint density at radius 3 is 3.06 bits per heavy atom. The van der Waals surface area contributed by atoms with Crippen LogP contribution in [0, 0.1) is 5.82 Å². The molecule has 1 aromatic heterocycles. The zero-order valence-corrected chi connectivity index (χ0v) is 10.3. The summed E-state index contributed by atoms with van der Waals surface area (Å²) in [4.78, 5) is 3.98. The van der Waals surface area contributed by atoms with Gasteiger partial charge in [-0.15, -0.1) is 0 Å². The van der Waals surface area contributed by atoms with Crippen LogP contribution in [0.2, 0.25) is 0 Å². The lowest BCUT2D eigenvalue weighted by Gasteiger charge is -2.12. The highest BCUT2D eigenvalue weighted by molar-refractivity contribution is 5.41. The molecule has 1 N–H and O–H groups in total. The fourth-order valence-electron chi connectivity index (χ4n) is 1.75. The summed E-state index contributed by atoms with van der Waals surface area (Å²) >= 11 is 0. The second-order valence-corrected chi connectivity index (χ2v) is 3.88. The Balaban J connectivity index is 2.17. The first kappa shape index (κ1) is 12.7. The van der Waals surface area contributed by atoms with Gasteiger partial charge in [0, 0.05) is 38.2 Å². The lowest BCUT2D eigenvalue weighted by Crippen LogP contribution is -2.20. The number of ether oxygens (including phenoxy) is 1. The van der Waals surface area contributed by atoms with E-state index in [1.165, 1.54) is 6.07 Å². The highest BCUT2D eigenvalue weighted by atomic mass is 19.1. The van der Waals surface area contributed by atoms with Crippen molar-refractivity contribution < 1.29 is 9.13 Å². The van der Waals surface area contributed by atoms with Crippen LogP contribution in [-0.2, 0) is 11.3 Å². The Bertz CT molecular complexity index is 485. The number of methoxy groups -OCH3 is 1. The van der Waals surface area contributed by atoms with Gasteiger partial charge in [-0.2, -0.15) is 0 Å². The molecule has 1 heterocycles. The van der Waals surface area contributed by atoms with Gasteiger partial charge in [-0.25, -0.2) is 9.37 Å². The van der Waals surface area contributed by atoms with Gasteiger partial charge in [0.25, 0.3) is 0 Å². The topological polar surface area (TPSA) is 39.1 Å². The average molecular weight is 249 g/mol. The van der Waals surface area contributed by atoms with Crippen LogP contribution in [0.25, 0.3) is 5.69 Å². The molecule has 1 aromatic carbocycles. The molecule has 0 aliphatic heterocycles. The highest BCUT2D eigenvalue weighted by Gasteiger charge is 2.09. The molecule has 0 unspecified atom stereocenters. The van der Waals surface area contributed by atoms with Crippen LogP contribution in [-0.4, -0.2) is 29.8 Å². The van der Waals surface area contributed by atoms with Crippen molar-refractivity contribution in [1.29, 1.82) is 0 Å². The Morgan fingerprint density at radius 2 is 2.33 bits per heavy atom. The molecule has 0 amide bonds. The van der Waals surface area contributed by atoms with Crippen molar-refractivity contribution in [1.82, 2.24) is 14.9 Å². The van der Waals surface area contributed by atoms with Crippen molar-refractivity contribution in [2.24, 2.45) is 0 Å². The Labute approximate surface area is 105 Å². The van der Waals surface area contributed by atoms with E-state index in [-0.39, 0.29) is 5.82 Å². The average Bonchev–Trinajstić information content (AvgIpc) is 2.89. The molecule has 5 heteroatoms. The minimum Gasteiger partial charge on any atom is -0.383 e. The van der Waals surface area contributed by atoms with E-state index in [2.05, 4.69) is 10.3 Å². The molecule has 0 atom stereocenters. The quantitative estimate of drug-likeness (QED) is 0.793. The second kappa shape index (κ2) is 6.28. The molecule has 2 aromatic rings. The van der Waals surface area contributed by atoms with E-state index in [4.69, 9.17) is 4.74 Å². The summed E-state index contributed by atoms with van der Waals surface area (Å²) in [5.74, 6) is -0.217. The van der Waals surface area contributed by atoms with Gasteiger partial charge < -0.3 is 14.6 Å². The van der Waals surface area contributed by atoms with Gasteiger partial charge in [0.05, 0.1) is 18.6 Å². The monoisotopic (exact) mass is 249 g/mol. The number of rotatable bonds is 6. The first-order chi connectivity index (χ1) is 8.83. The van der Waals surface area contributed by atoms with E-state index in [9.17, 15) is 4.39 Å². The van der Waals surface area contributed by atoms with Crippen LogP contribution in [0.15, 0.2) is 36.9 Å².